The van der Waals surface area contributed by atoms with Crippen molar-refractivity contribution in [3.63, 3.8) is 0 Å². The molecule has 214 valence electrons. The Balaban J connectivity index is 1.36. The number of phenols is 1. The lowest BCUT2D eigenvalue weighted by atomic mass is 9.80. The lowest BCUT2D eigenvalue weighted by Crippen LogP contribution is -2.45. The first-order valence-corrected chi connectivity index (χ1v) is 14.3. The minimum atomic E-state index is -4.48. The van der Waals surface area contributed by atoms with E-state index in [2.05, 4.69) is 11.6 Å². The van der Waals surface area contributed by atoms with Crippen LogP contribution in [-0.2, 0) is 17.6 Å². The first-order chi connectivity index (χ1) is 19.6. The van der Waals surface area contributed by atoms with Crippen LogP contribution in [0.3, 0.4) is 0 Å². The molecule has 0 bridgehead atoms. The summed E-state index contributed by atoms with van der Waals surface area (Å²) in [5, 5.41) is 15.6. The maximum Gasteiger partial charge on any atom is 0.447 e. The van der Waals surface area contributed by atoms with Crippen LogP contribution in [-0.4, -0.2) is 66.6 Å². The molecule has 0 spiro atoms. The molecule has 12 heteroatoms. The van der Waals surface area contributed by atoms with Gasteiger partial charge in [-0.05, 0) is 54.7 Å². The van der Waals surface area contributed by atoms with E-state index in [1.807, 2.05) is 18.2 Å². The molecule has 8 nitrogen and oxygen atoms in total. The van der Waals surface area contributed by atoms with Crippen molar-refractivity contribution in [2.24, 2.45) is 0 Å². The Kier molecular flexibility index (Phi) is 7.04. The third-order valence-corrected chi connectivity index (χ3v) is 8.85. The van der Waals surface area contributed by atoms with Gasteiger partial charge in [0.2, 0.25) is 5.91 Å². The Morgan fingerprint density at radius 1 is 1.12 bits per heavy atom. The molecule has 1 atom stereocenters. The molecule has 1 saturated carbocycles. The van der Waals surface area contributed by atoms with Gasteiger partial charge in [0, 0.05) is 56.0 Å². The lowest BCUT2D eigenvalue weighted by Gasteiger charge is -2.37. The predicted molar refractivity (Wildman–Crippen MR) is 146 cm³/mol. The van der Waals surface area contributed by atoms with Crippen molar-refractivity contribution in [1.29, 1.82) is 0 Å². The highest BCUT2D eigenvalue weighted by Crippen LogP contribution is 2.41. The van der Waals surface area contributed by atoms with Gasteiger partial charge >= 0.3 is 5.51 Å². The number of alkyl halides is 3. The topological polar surface area (TPSA) is 91.6 Å². The quantitative estimate of drug-likeness (QED) is 0.330. The zero-order valence-electron chi connectivity index (χ0n) is 22.1. The van der Waals surface area contributed by atoms with Gasteiger partial charge < -0.3 is 14.9 Å². The van der Waals surface area contributed by atoms with Crippen molar-refractivity contribution in [2.45, 2.75) is 54.6 Å². The summed E-state index contributed by atoms with van der Waals surface area (Å²) in [4.78, 5) is 33.5. The molecule has 3 aliphatic rings. The van der Waals surface area contributed by atoms with Gasteiger partial charge in [0.1, 0.15) is 16.5 Å². The monoisotopic (exact) mass is 583 g/mol. The number of amides is 2. The van der Waals surface area contributed by atoms with Crippen molar-refractivity contribution in [3.05, 3.63) is 77.3 Å². The van der Waals surface area contributed by atoms with Crippen LogP contribution in [0.1, 0.15) is 64.1 Å². The first-order valence-electron chi connectivity index (χ1n) is 13.5. The molecular weight excluding hydrogens is 555 g/mol. The van der Waals surface area contributed by atoms with Crippen LogP contribution >= 0.6 is 11.8 Å². The second kappa shape index (κ2) is 10.6. The number of rotatable bonds is 5. The highest BCUT2D eigenvalue weighted by molar-refractivity contribution is 8.00. The van der Waals surface area contributed by atoms with E-state index in [9.17, 15) is 27.9 Å². The Bertz CT molecular complexity index is 1520. The number of halogens is 3. The molecule has 1 N–H and O–H groups in total. The highest BCUT2D eigenvalue weighted by Gasteiger charge is 2.40. The van der Waals surface area contributed by atoms with E-state index in [-0.39, 0.29) is 47.1 Å². The molecule has 3 aromatic rings. The van der Waals surface area contributed by atoms with Gasteiger partial charge in [0.25, 0.3) is 5.91 Å². The highest BCUT2D eigenvalue weighted by atomic mass is 32.2. The summed E-state index contributed by atoms with van der Waals surface area (Å²) < 4.78 is 40.0. The zero-order valence-corrected chi connectivity index (χ0v) is 22.9. The normalized spacial score (nSPS) is 18.9. The van der Waals surface area contributed by atoms with Crippen LogP contribution in [0, 0.1) is 0 Å². The van der Waals surface area contributed by atoms with Crippen molar-refractivity contribution in [3.8, 4) is 11.4 Å². The maximum atomic E-state index is 13.7. The number of phenolic OH excluding ortho intramolecular Hbond substituents is 1. The van der Waals surface area contributed by atoms with Gasteiger partial charge in [0.05, 0.1) is 23.0 Å². The Labute approximate surface area is 238 Å². The van der Waals surface area contributed by atoms with Crippen molar-refractivity contribution in [1.82, 2.24) is 24.6 Å². The number of benzene rings is 1. The van der Waals surface area contributed by atoms with E-state index >= 15 is 0 Å². The van der Waals surface area contributed by atoms with E-state index in [1.165, 1.54) is 24.6 Å². The number of thioether (sulfide) groups is 1. The Morgan fingerprint density at radius 3 is 2.56 bits per heavy atom. The number of nitrogens with zero attached hydrogens (tertiary/aromatic N) is 5. The molecule has 1 aromatic carbocycles. The largest absolute Gasteiger partial charge is 0.506 e. The van der Waals surface area contributed by atoms with Crippen LogP contribution in [0.5, 0.6) is 5.75 Å². The average molecular weight is 584 g/mol. The van der Waals surface area contributed by atoms with Crippen LogP contribution in [0.25, 0.3) is 5.69 Å². The minimum absolute atomic E-state index is 0.143. The fourth-order valence-electron chi connectivity index (χ4n) is 5.93. The molecule has 1 aliphatic carbocycles. The number of carbonyl (C=O) groups is 2. The summed E-state index contributed by atoms with van der Waals surface area (Å²) in [5.74, 6) is -0.0433. The van der Waals surface area contributed by atoms with Crippen molar-refractivity contribution >= 4 is 23.6 Å². The second-order valence-corrected chi connectivity index (χ2v) is 11.6. The third kappa shape index (κ3) is 5.20. The number of hydrogen-bond donors (Lipinski definition) is 1. The number of aromatic hydroxyl groups is 1. The van der Waals surface area contributed by atoms with Crippen LogP contribution < -0.4 is 0 Å². The molecule has 0 saturated heterocycles. The second-order valence-electron chi connectivity index (χ2n) is 10.5. The van der Waals surface area contributed by atoms with E-state index in [0.717, 1.165) is 41.6 Å². The van der Waals surface area contributed by atoms with Crippen LogP contribution in [0.4, 0.5) is 13.2 Å². The fourth-order valence-corrected chi connectivity index (χ4v) is 6.41. The predicted octanol–water partition coefficient (Wildman–Crippen LogP) is 5.16. The lowest BCUT2D eigenvalue weighted by molar-refractivity contribution is -0.126. The molecule has 41 heavy (non-hydrogen) atoms. The first kappa shape index (κ1) is 27.4. The Morgan fingerprint density at radius 2 is 1.93 bits per heavy atom. The summed E-state index contributed by atoms with van der Waals surface area (Å²) in [7, 11) is 0. The van der Waals surface area contributed by atoms with Gasteiger partial charge in [-0.25, -0.2) is 9.67 Å². The summed E-state index contributed by atoms with van der Waals surface area (Å²) >= 11 is -0.340. The Hall–Kier alpha value is -3.80. The van der Waals surface area contributed by atoms with Crippen LogP contribution in [0.15, 0.2) is 54.2 Å². The standard InChI is InChI=1S/C29H28F3N5O3S/c1-2-26(39)35-12-10-20-27-22(37(34-20)21-8-6-18(14-24(21)38)17-4-3-5-17)11-13-36(23(27)16-35)28(40)19-7-9-25(33-15-19)41-29(30,31)32/h2,6-9,14-15,17,23,38H,1,3-5,10-13,16H2/t23-/m0/s1. The van der Waals surface area contributed by atoms with Gasteiger partial charge in [-0.1, -0.05) is 19.1 Å². The zero-order chi connectivity index (χ0) is 28.9. The van der Waals surface area contributed by atoms with Crippen LogP contribution in [0.2, 0.25) is 0 Å². The molecule has 0 radical (unpaired) electrons. The summed E-state index contributed by atoms with van der Waals surface area (Å²) in [6.07, 6.45) is 6.72. The summed E-state index contributed by atoms with van der Waals surface area (Å²) in [6, 6.07) is 7.72. The molecule has 0 unspecified atom stereocenters. The fraction of sp³-hybridized carbons (Fsp3) is 0.379. The molecule has 2 amide bonds. The maximum absolute atomic E-state index is 13.7. The van der Waals surface area contributed by atoms with Gasteiger partial charge in [0.15, 0.2) is 0 Å². The number of pyridine rings is 1. The van der Waals surface area contributed by atoms with E-state index in [0.29, 0.717) is 31.0 Å². The summed E-state index contributed by atoms with van der Waals surface area (Å²) in [5.41, 5.74) is -0.209. The summed E-state index contributed by atoms with van der Waals surface area (Å²) in [6.45, 7) is 4.49. The molecule has 2 aliphatic heterocycles. The molecular formula is C29H28F3N5O3S. The van der Waals surface area contributed by atoms with E-state index < -0.39 is 17.5 Å². The average Bonchev–Trinajstić information content (AvgIpc) is 3.16. The van der Waals surface area contributed by atoms with E-state index in [4.69, 9.17) is 5.10 Å². The van der Waals surface area contributed by atoms with Gasteiger partial charge in [-0.15, -0.1) is 0 Å². The molecule has 1 fully saturated rings. The van der Waals surface area contributed by atoms with Crippen molar-refractivity contribution in [2.75, 3.05) is 19.6 Å². The SMILES string of the molecule is C=CC(=O)N1CCc2nn(-c3ccc(C4CCC4)cc3O)c3c2[C@H](C1)N(C(=O)c1ccc(SC(F)(F)F)nc1)CC3. The third-order valence-electron chi connectivity index (χ3n) is 8.16. The number of aromatic nitrogens is 3. The number of carbonyl (C=O) groups excluding carboxylic acids is 2. The smallest absolute Gasteiger partial charge is 0.447 e. The molecule has 4 heterocycles. The minimum Gasteiger partial charge on any atom is -0.506 e. The molecule has 6 rings (SSSR count). The molecule has 2 aromatic heterocycles. The van der Waals surface area contributed by atoms with E-state index in [1.54, 1.807) is 14.5 Å². The number of hydrogen-bond acceptors (Lipinski definition) is 6. The van der Waals surface area contributed by atoms with Crippen molar-refractivity contribution < 1.29 is 27.9 Å². The van der Waals surface area contributed by atoms with Gasteiger partial charge in [-0.3, -0.25) is 9.59 Å². The van der Waals surface area contributed by atoms with Gasteiger partial charge in [-0.2, -0.15) is 18.3 Å².